The summed E-state index contributed by atoms with van der Waals surface area (Å²) in [6.45, 7) is 0. The molecule has 2 atom stereocenters. The van der Waals surface area contributed by atoms with E-state index in [1.165, 1.54) is 0 Å². The summed E-state index contributed by atoms with van der Waals surface area (Å²) in [5.41, 5.74) is 0. The maximum atomic E-state index is 12.4. The van der Waals surface area contributed by atoms with Crippen molar-refractivity contribution in [1.82, 2.24) is 0 Å². The van der Waals surface area contributed by atoms with Crippen molar-refractivity contribution >= 4 is 11.8 Å². The first kappa shape index (κ1) is 14.0. The van der Waals surface area contributed by atoms with Crippen LogP contribution in [0.15, 0.2) is 0 Å². The molecule has 0 N–H and O–H groups in total. The number of alkyl halides is 6. The van der Waals surface area contributed by atoms with Crippen molar-refractivity contribution in [2.45, 2.75) is 36.9 Å². The van der Waals surface area contributed by atoms with Crippen molar-refractivity contribution in [2.75, 3.05) is 6.26 Å². The molecule has 0 amide bonds. The molecular weight excluding hydrogens is 254 g/mol. The van der Waals surface area contributed by atoms with Gasteiger partial charge in [-0.2, -0.15) is 38.1 Å². The standard InChI is InChI=1S/C9H12F6S/c1-16-7-3-5(8(10,11)12)2-6(4-7)9(13,14)15/h5-7H,2-4H2,1H3. The van der Waals surface area contributed by atoms with Crippen LogP contribution in [-0.4, -0.2) is 23.9 Å². The predicted molar refractivity (Wildman–Crippen MR) is 50.2 cm³/mol. The third-order valence-corrected chi connectivity index (χ3v) is 3.97. The lowest BCUT2D eigenvalue weighted by atomic mass is 9.80. The van der Waals surface area contributed by atoms with Gasteiger partial charge in [0.15, 0.2) is 0 Å². The third kappa shape index (κ3) is 3.46. The molecule has 7 heteroatoms. The molecule has 0 bridgehead atoms. The van der Waals surface area contributed by atoms with Gasteiger partial charge in [-0.25, -0.2) is 0 Å². The SMILES string of the molecule is CSC1CC(C(F)(F)F)CC(C(F)(F)F)C1. The van der Waals surface area contributed by atoms with E-state index >= 15 is 0 Å². The summed E-state index contributed by atoms with van der Waals surface area (Å²) in [6.07, 6.45) is -8.69. The average molecular weight is 266 g/mol. The molecule has 1 aliphatic rings. The second kappa shape index (κ2) is 4.66. The minimum atomic E-state index is -4.52. The van der Waals surface area contributed by atoms with Gasteiger partial charge in [0.1, 0.15) is 0 Å². The summed E-state index contributed by atoms with van der Waals surface area (Å²) < 4.78 is 74.6. The van der Waals surface area contributed by atoms with Gasteiger partial charge in [0.05, 0.1) is 11.8 Å². The molecule has 1 fully saturated rings. The maximum Gasteiger partial charge on any atom is 0.391 e. The van der Waals surface area contributed by atoms with Crippen molar-refractivity contribution < 1.29 is 26.3 Å². The van der Waals surface area contributed by atoms with E-state index in [4.69, 9.17) is 0 Å². The zero-order valence-corrected chi connectivity index (χ0v) is 9.35. The fourth-order valence-electron chi connectivity index (χ4n) is 1.99. The van der Waals surface area contributed by atoms with Crippen LogP contribution in [0.2, 0.25) is 0 Å². The molecule has 0 saturated heterocycles. The Kier molecular flexibility index (Phi) is 4.08. The van der Waals surface area contributed by atoms with Gasteiger partial charge < -0.3 is 0 Å². The lowest BCUT2D eigenvalue weighted by Gasteiger charge is -2.35. The van der Waals surface area contributed by atoms with Crippen LogP contribution in [0.25, 0.3) is 0 Å². The van der Waals surface area contributed by atoms with Gasteiger partial charge >= 0.3 is 12.4 Å². The van der Waals surface area contributed by atoms with Gasteiger partial charge in [-0.15, -0.1) is 0 Å². The second-order valence-corrected chi connectivity index (χ2v) is 5.18. The molecule has 1 rings (SSSR count). The van der Waals surface area contributed by atoms with E-state index in [0.29, 0.717) is 0 Å². The highest BCUT2D eigenvalue weighted by Crippen LogP contribution is 2.47. The van der Waals surface area contributed by atoms with Gasteiger partial charge in [-0.05, 0) is 25.5 Å². The molecule has 1 aliphatic carbocycles. The fourth-order valence-corrected chi connectivity index (χ4v) is 2.84. The summed E-state index contributed by atoms with van der Waals surface area (Å²) in [7, 11) is 0. The second-order valence-electron chi connectivity index (χ2n) is 4.04. The summed E-state index contributed by atoms with van der Waals surface area (Å²) in [6, 6.07) is 0. The molecule has 0 aromatic carbocycles. The van der Waals surface area contributed by atoms with Crippen molar-refractivity contribution in [1.29, 1.82) is 0 Å². The summed E-state index contributed by atoms with van der Waals surface area (Å²) >= 11 is 1.09. The molecule has 1 saturated carbocycles. The lowest BCUT2D eigenvalue weighted by Crippen LogP contribution is -2.39. The molecule has 0 aromatic rings. The minimum Gasteiger partial charge on any atom is -0.171 e. The van der Waals surface area contributed by atoms with Crippen molar-refractivity contribution in [3.05, 3.63) is 0 Å². The predicted octanol–water partition coefficient (Wildman–Crippen LogP) is 4.26. The monoisotopic (exact) mass is 266 g/mol. The number of thioether (sulfide) groups is 1. The minimum absolute atomic E-state index is 0.197. The Morgan fingerprint density at radius 2 is 1.19 bits per heavy atom. The molecule has 0 heterocycles. The smallest absolute Gasteiger partial charge is 0.171 e. The highest BCUT2D eigenvalue weighted by molar-refractivity contribution is 7.99. The van der Waals surface area contributed by atoms with Crippen LogP contribution in [0.4, 0.5) is 26.3 Å². The Labute approximate surface area is 93.8 Å². The van der Waals surface area contributed by atoms with E-state index in [2.05, 4.69) is 0 Å². The van der Waals surface area contributed by atoms with E-state index in [-0.39, 0.29) is 12.8 Å². The Balaban J connectivity index is 2.77. The quantitative estimate of drug-likeness (QED) is 0.639. The molecule has 0 radical (unpaired) electrons. The van der Waals surface area contributed by atoms with E-state index in [1.807, 2.05) is 0 Å². The largest absolute Gasteiger partial charge is 0.391 e. The van der Waals surface area contributed by atoms with Gasteiger partial charge in [-0.3, -0.25) is 0 Å². The topological polar surface area (TPSA) is 0 Å². The van der Waals surface area contributed by atoms with Crippen LogP contribution >= 0.6 is 11.8 Å². The molecule has 0 spiro atoms. The lowest BCUT2D eigenvalue weighted by molar-refractivity contribution is -0.221. The molecule has 2 unspecified atom stereocenters. The number of hydrogen-bond acceptors (Lipinski definition) is 1. The Morgan fingerprint density at radius 1 is 0.812 bits per heavy atom. The van der Waals surface area contributed by atoms with Gasteiger partial charge in [-0.1, -0.05) is 0 Å². The summed E-state index contributed by atoms with van der Waals surface area (Å²) in [5, 5.41) is -0.549. The van der Waals surface area contributed by atoms with Crippen molar-refractivity contribution in [2.24, 2.45) is 11.8 Å². The zero-order chi connectivity index (χ0) is 12.6. The molecule has 0 aromatic heterocycles. The average Bonchev–Trinajstić information content (AvgIpc) is 2.14. The van der Waals surface area contributed by atoms with E-state index in [9.17, 15) is 26.3 Å². The van der Waals surface area contributed by atoms with E-state index in [1.54, 1.807) is 6.26 Å². The van der Waals surface area contributed by atoms with Gasteiger partial charge in [0.25, 0.3) is 0 Å². The van der Waals surface area contributed by atoms with Crippen LogP contribution in [0, 0.1) is 11.8 Å². The third-order valence-electron chi connectivity index (χ3n) is 2.92. The molecule has 0 nitrogen and oxygen atoms in total. The Morgan fingerprint density at radius 3 is 1.44 bits per heavy atom. The first-order chi connectivity index (χ1) is 7.14. The summed E-state index contributed by atoms with van der Waals surface area (Å²) in [4.78, 5) is 0. The normalized spacial score (nSPS) is 32.8. The van der Waals surface area contributed by atoms with Crippen molar-refractivity contribution in [3.8, 4) is 0 Å². The van der Waals surface area contributed by atoms with Crippen LogP contribution in [0.5, 0.6) is 0 Å². The molecular formula is C9H12F6S. The van der Waals surface area contributed by atoms with Crippen molar-refractivity contribution in [3.63, 3.8) is 0 Å². The van der Waals surface area contributed by atoms with Crippen LogP contribution in [-0.2, 0) is 0 Å². The maximum absolute atomic E-state index is 12.4. The highest BCUT2D eigenvalue weighted by atomic mass is 32.2. The molecule has 16 heavy (non-hydrogen) atoms. The highest BCUT2D eigenvalue weighted by Gasteiger charge is 2.51. The molecule has 0 aliphatic heterocycles. The first-order valence-electron chi connectivity index (χ1n) is 4.80. The zero-order valence-electron chi connectivity index (χ0n) is 8.53. The van der Waals surface area contributed by atoms with Crippen LogP contribution < -0.4 is 0 Å². The Hall–Kier alpha value is -0.0700. The number of halogens is 6. The summed E-state index contributed by atoms with van der Waals surface area (Å²) in [5.74, 6) is -3.63. The van der Waals surface area contributed by atoms with Crippen LogP contribution in [0.1, 0.15) is 19.3 Å². The van der Waals surface area contributed by atoms with Crippen LogP contribution in [0.3, 0.4) is 0 Å². The van der Waals surface area contributed by atoms with Gasteiger partial charge in [0, 0.05) is 5.25 Å². The van der Waals surface area contributed by atoms with Gasteiger partial charge in [0.2, 0.25) is 0 Å². The number of rotatable bonds is 1. The molecule has 96 valence electrons. The van der Waals surface area contributed by atoms with E-state index < -0.39 is 35.9 Å². The van der Waals surface area contributed by atoms with E-state index in [0.717, 1.165) is 11.8 Å². The first-order valence-corrected chi connectivity index (χ1v) is 6.09. The number of hydrogen-bond donors (Lipinski definition) is 0. The Bertz CT molecular complexity index is 211. The fraction of sp³-hybridized carbons (Fsp3) is 1.00.